The van der Waals surface area contributed by atoms with Crippen molar-refractivity contribution < 1.29 is 14.3 Å². The molecule has 0 fully saturated rings. The minimum atomic E-state index is -0.241. The van der Waals surface area contributed by atoms with Gasteiger partial charge < -0.3 is 14.8 Å². The van der Waals surface area contributed by atoms with Gasteiger partial charge in [-0.1, -0.05) is 24.3 Å². The first-order valence-electron chi connectivity index (χ1n) is 7.82. The Kier molecular flexibility index (Phi) is 5.26. The van der Waals surface area contributed by atoms with Crippen LogP contribution in [0, 0.1) is 0 Å². The van der Waals surface area contributed by atoms with E-state index in [4.69, 9.17) is 9.47 Å². The van der Waals surface area contributed by atoms with Crippen LogP contribution in [-0.4, -0.2) is 18.0 Å². The van der Waals surface area contributed by atoms with Crippen LogP contribution in [0.3, 0.4) is 0 Å². The van der Waals surface area contributed by atoms with Gasteiger partial charge in [0.25, 0.3) is 5.91 Å². The topological polar surface area (TPSA) is 60.5 Å². The van der Waals surface area contributed by atoms with Gasteiger partial charge in [-0.25, -0.2) is 0 Å². The van der Waals surface area contributed by atoms with Crippen LogP contribution in [0.4, 0.5) is 5.69 Å². The van der Waals surface area contributed by atoms with E-state index < -0.39 is 0 Å². The summed E-state index contributed by atoms with van der Waals surface area (Å²) in [6, 6.07) is 18.3. The molecule has 1 heterocycles. The van der Waals surface area contributed by atoms with Crippen LogP contribution in [-0.2, 0) is 6.61 Å². The second-order valence-electron chi connectivity index (χ2n) is 5.33. The largest absolute Gasteiger partial charge is 0.497 e. The zero-order chi connectivity index (χ0) is 17.5. The average Bonchev–Trinajstić information content (AvgIpc) is 2.67. The van der Waals surface area contributed by atoms with Crippen LogP contribution in [0.5, 0.6) is 11.5 Å². The number of hydrogen-bond donors (Lipinski definition) is 1. The Hall–Kier alpha value is -3.34. The molecule has 0 saturated carbocycles. The molecular formula is C20H18N2O3. The van der Waals surface area contributed by atoms with Gasteiger partial charge in [-0.2, -0.15) is 0 Å². The van der Waals surface area contributed by atoms with Crippen LogP contribution < -0.4 is 14.8 Å². The summed E-state index contributed by atoms with van der Waals surface area (Å²) in [4.78, 5) is 16.5. The molecule has 0 radical (unpaired) electrons. The smallest absolute Gasteiger partial charge is 0.259 e. The predicted molar refractivity (Wildman–Crippen MR) is 96.0 cm³/mol. The van der Waals surface area contributed by atoms with Crippen LogP contribution in [0.2, 0.25) is 0 Å². The van der Waals surface area contributed by atoms with E-state index in [0.29, 0.717) is 23.6 Å². The zero-order valence-electron chi connectivity index (χ0n) is 13.8. The number of carbonyl (C=O) groups excluding carboxylic acids is 1. The van der Waals surface area contributed by atoms with Crippen molar-refractivity contribution in [2.45, 2.75) is 6.61 Å². The van der Waals surface area contributed by atoms with Gasteiger partial charge >= 0.3 is 0 Å². The highest BCUT2D eigenvalue weighted by Crippen LogP contribution is 2.22. The van der Waals surface area contributed by atoms with Crippen LogP contribution >= 0.6 is 0 Å². The van der Waals surface area contributed by atoms with Gasteiger partial charge in [0.1, 0.15) is 18.1 Å². The summed E-state index contributed by atoms with van der Waals surface area (Å²) in [6.07, 6.45) is 3.25. The van der Waals surface area contributed by atoms with Crippen LogP contribution in [0.15, 0.2) is 73.1 Å². The van der Waals surface area contributed by atoms with Crippen molar-refractivity contribution in [3.05, 3.63) is 84.2 Å². The van der Waals surface area contributed by atoms with E-state index in [1.54, 1.807) is 49.8 Å². The van der Waals surface area contributed by atoms with Crippen LogP contribution in [0.25, 0.3) is 0 Å². The summed E-state index contributed by atoms with van der Waals surface area (Å²) in [7, 11) is 1.62. The van der Waals surface area contributed by atoms with Gasteiger partial charge in [-0.05, 0) is 42.0 Å². The minimum Gasteiger partial charge on any atom is -0.497 e. The third-order valence-corrected chi connectivity index (χ3v) is 3.58. The second-order valence-corrected chi connectivity index (χ2v) is 5.33. The van der Waals surface area contributed by atoms with E-state index in [-0.39, 0.29) is 5.91 Å². The lowest BCUT2D eigenvalue weighted by molar-refractivity contribution is 0.102. The molecule has 0 aliphatic rings. The number of para-hydroxylation sites is 1. The van der Waals surface area contributed by atoms with Gasteiger partial charge in [0.15, 0.2) is 0 Å². The van der Waals surface area contributed by atoms with Crippen molar-refractivity contribution >= 4 is 11.6 Å². The molecule has 0 aliphatic carbocycles. The van der Waals surface area contributed by atoms with Crippen molar-refractivity contribution in [2.24, 2.45) is 0 Å². The molecule has 0 aliphatic heterocycles. The maximum atomic E-state index is 12.5. The van der Waals surface area contributed by atoms with Crippen molar-refractivity contribution in [3.63, 3.8) is 0 Å². The SMILES string of the molecule is COc1cccc(COc2ccccc2C(=O)Nc2cccnc2)c1. The first-order chi connectivity index (χ1) is 12.3. The average molecular weight is 334 g/mol. The molecule has 5 nitrogen and oxygen atoms in total. The molecule has 1 N–H and O–H groups in total. The van der Waals surface area contributed by atoms with Crippen molar-refractivity contribution in [3.8, 4) is 11.5 Å². The second kappa shape index (κ2) is 7.97. The molecule has 1 amide bonds. The Morgan fingerprint density at radius 2 is 1.96 bits per heavy atom. The maximum absolute atomic E-state index is 12.5. The number of benzene rings is 2. The molecule has 0 saturated heterocycles. The lowest BCUT2D eigenvalue weighted by Crippen LogP contribution is -2.13. The van der Waals surface area contributed by atoms with Gasteiger partial charge in [0.05, 0.1) is 24.6 Å². The Bertz CT molecular complexity index is 850. The summed E-state index contributed by atoms with van der Waals surface area (Å²) < 4.78 is 11.1. The standard InChI is InChI=1S/C20H18N2O3/c1-24-17-8-4-6-15(12-17)14-25-19-10-3-2-9-18(19)20(23)22-16-7-5-11-21-13-16/h2-13H,14H2,1H3,(H,22,23). The first kappa shape index (κ1) is 16.5. The molecule has 5 heteroatoms. The number of nitrogens with one attached hydrogen (secondary N) is 1. The van der Waals surface area contributed by atoms with Gasteiger partial charge in [-0.15, -0.1) is 0 Å². The van der Waals surface area contributed by atoms with E-state index in [9.17, 15) is 4.79 Å². The number of nitrogens with zero attached hydrogens (tertiary/aromatic N) is 1. The summed E-state index contributed by atoms with van der Waals surface area (Å²) in [5.74, 6) is 1.05. The van der Waals surface area contributed by atoms with Gasteiger partial charge in [0.2, 0.25) is 0 Å². The Labute approximate surface area is 146 Å². The monoisotopic (exact) mass is 334 g/mol. The molecule has 126 valence electrons. The molecule has 0 bridgehead atoms. The molecule has 0 atom stereocenters. The quantitative estimate of drug-likeness (QED) is 0.742. The molecule has 1 aromatic heterocycles. The van der Waals surface area contributed by atoms with Crippen molar-refractivity contribution in [1.29, 1.82) is 0 Å². The highest BCUT2D eigenvalue weighted by Gasteiger charge is 2.12. The lowest BCUT2D eigenvalue weighted by Gasteiger charge is -2.12. The summed E-state index contributed by atoms with van der Waals surface area (Å²) in [6.45, 7) is 0.342. The molecule has 2 aromatic carbocycles. The van der Waals surface area contributed by atoms with Crippen LogP contribution in [0.1, 0.15) is 15.9 Å². The Morgan fingerprint density at radius 1 is 1.08 bits per heavy atom. The van der Waals surface area contributed by atoms with E-state index in [1.165, 1.54) is 0 Å². The Balaban J connectivity index is 1.73. The lowest BCUT2D eigenvalue weighted by atomic mass is 10.1. The zero-order valence-corrected chi connectivity index (χ0v) is 13.8. The van der Waals surface area contributed by atoms with E-state index in [1.807, 2.05) is 30.3 Å². The van der Waals surface area contributed by atoms with E-state index in [0.717, 1.165) is 11.3 Å². The summed E-state index contributed by atoms with van der Waals surface area (Å²) in [5, 5.41) is 2.81. The molecular weight excluding hydrogens is 316 g/mol. The molecule has 25 heavy (non-hydrogen) atoms. The normalized spacial score (nSPS) is 10.1. The van der Waals surface area contributed by atoms with Crippen molar-refractivity contribution in [1.82, 2.24) is 4.98 Å². The number of carbonyl (C=O) groups is 1. The number of rotatable bonds is 6. The van der Waals surface area contributed by atoms with Gasteiger partial charge in [0, 0.05) is 6.20 Å². The number of pyridine rings is 1. The summed E-state index contributed by atoms with van der Waals surface area (Å²) >= 11 is 0. The molecule has 3 aromatic rings. The number of hydrogen-bond acceptors (Lipinski definition) is 4. The Morgan fingerprint density at radius 3 is 2.76 bits per heavy atom. The number of anilines is 1. The third kappa shape index (κ3) is 4.35. The number of aromatic nitrogens is 1. The fourth-order valence-corrected chi connectivity index (χ4v) is 2.34. The van der Waals surface area contributed by atoms with E-state index in [2.05, 4.69) is 10.3 Å². The number of ether oxygens (including phenoxy) is 2. The number of methoxy groups -OCH3 is 1. The maximum Gasteiger partial charge on any atom is 0.259 e. The molecule has 0 unspecified atom stereocenters. The predicted octanol–water partition coefficient (Wildman–Crippen LogP) is 3.92. The first-order valence-corrected chi connectivity index (χ1v) is 7.82. The van der Waals surface area contributed by atoms with E-state index >= 15 is 0 Å². The highest BCUT2D eigenvalue weighted by molar-refractivity contribution is 6.06. The van der Waals surface area contributed by atoms with Crippen molar-refractivity contribution in [2.75, 3.05) is 12.4 Å². The fraction of sp³-hybridized carbons (Fsp3) is 0.100. The third-order valence-electron chi connectivity index (χ3n) is 3.58. The fourth-order valence-electron chi connectivity index (χ4n) is 2.34. The van der Waals surface area contributed by atoms with Gasteiger partial charge in [-0.3, -0.25) is 9.78 Å². The molecule has 0 spiro atoms. The number of amides is 1. The molecule has 3 rings (SSSR count). The minimum absolute atomic E-state index is 0.241. The highest BCUT2D eigenvalue weighted by atomic mass is 16.5. The summed E-state index contributed by atoms with van der Waals surface area (Å²) in [5.41, 5.74) is 2.06.